The summed E-state index contributed by atoms with van der Waals surface area (Å²) in [6, 6.07) is 13.6. The molecular formula is C21H19FN4O2S. The number of aromatic nitrogens is 4. The fourth-order valence-corrected chi connectivity index (χ4v) is 4.90. The van der Waals surface area contributed by atoms with Crippen molar-refractivity contribution in [3.8, 4) is 5.69 Å². The van der Waals surface area contributed by atoms with Crippen LogP contribution in [0.4, 0.5) is 4.39 Å². The molecule has 0 radical (unpaired) electrons. The minimum Gasteiger partial charge on any atom is -0.309 e. The second-order valence-electron chi connectivity index (χ2n) is 7.36. The first-order valence-corrected chi connectivity index (χ1v) is 11.3. The Kier molecular flexibility index (Phi) is 4.06. The van der Waals surface area contributed by atoms with Gasteiger partial charge in [-0.25, -0.2) is 22.5 Å². The normalized spacial score (nSPS) is 13.9. The fourth-order valence-electron chi connectivity index (χ4n) is 4.08. The Morgan fingerprint density at radius 2 is 1.83 bits per heavy atom. The molecule has 0 saturated carbocycles. The molecule has 1 aliphatic carbocycles. The van der Waals surface area contributed by atoms with E-state index in [4.69, 9.17) is 5.10 Å². The Hall–Kier alpha value is -3.00. The number of para-hydroxylation sites is 2. The predicted octanol–water partition coefficient (Wildman–Crippen LogP) is 3.30. The molecule has 2 aromatic carbocycles. The van der Waals surface area contributed by atoms with Crippen molar-refractivity contribution in [1.29, 1.82) is 0 Å². The quantitative estimate of drug-likeness (QED) is 0.518. The second-order valence-corrected chi connectivity index (χ2v) is 9.26. The van der Waals surface area contributed by atoms with Crippen molar-refractivity contribution in [2.24, 2.45) is 0 Å². The maximum atomic E-state index is 13.3. The Balaban J connectivity index is 1.66. The summed E-state index contributed by atoms with van der Waals surface area (Å²) in [5, 5.41) is 4.83. The van der Waals surface area contributed by atoms with Gasteiger partial charge in [0.2, 0.25) is 15.0 Å². The monoisotopic (exact) mass is 410 g/mol. The number of fused-ring (bicyclic) bond motifs is 2. The maximum Gasteiger partial charge on any atom is 0.228 e. The van der Waals surface area contributed by atoms with Crippen LogP contribution >= 0.6 is 0 Å². The summed E-state index contributed by atoms with van der Waals surface area (Å²) in [7, 11) is -3.50. The number of sulfone groups is 1. The van der Waals surface area contributed by atoms with Gasteiger partial charge in [0.25, 0.3) is 0 Å². The molecule has 2 aromatic heterocycles. The number of rotatable bonds is 4. The minimum absolute atomic E-state index is 0.0433. The van der Waals surface area contributed by atoms with Gasteiger partial charge in [-0.2, -0.15) is 5.10 Å². The van der Waals surface area contributed by atoms with Gasteiger partial charge in [0.05, 0.1) is 29.0 Å². The molecule has 8 heteroatoms. The average molecular weight is 410 g/mol. The summed E-state index contributed by atoms with van der Waals surface area (Å²) in [4.78, 5) is 4.35. The molecule has 6 nitrogen and oxygen atoms in total. The zero-order valence-corrected chi connectivity index (χ0v) is 16.7. The van der Waals surface area contributed by atoms with E-state index in [0.29, 0.717) is 12.1 Å². The predicted molar refractivity (Wildman–Crippen MR) is 107 cm³/mol. The van der Waals surface area contributed by atoms with Crippen LogP contribution < -0.4 is 0 Å². The third-order valence-corrected chi connectivity index (χ3v) is 6.32. The standard InChI is InChI=1S/C21H19FN4O2S/c1-29(27,28)21-23-17-6-2-3-7-20(17)25(21)13-18-16-5-4-8-19(16)26(24-18)15-11-9-14(22)10-12-15/h2-3,6-7,9-12H,4-5,8,13H2,1H3. The molecule has 0 N–H and O–H groups in total. The number of nitrogens with zero attached hydrogens (tertiary/aromatic N) is 4. The average Bonchev–Trinajstić information content (AvgIpc) is 3.38. The van der Waals surface area contributed by atoms with E-state index in [1.807, 2.05) is 28.9 Å². The van der Waals surface area contributed by atoms with Gasteiger partial charge < -0.3 is 4.57 Å². The number of imidazole rings is 1. The third kappa shape index (κ3) is 3.04. The molecule has 0 saturated heterocycles. The third-order valence-electron chi connectivity index (χ3n) is 5.34. The van der Waals surface area contributed by atoms with Gasteiger partial charge >= 0.3 is 0 Å². The van der Waals surface area contributed by atoms with Crippen LogP contribution in [0.3, 0.4) is 0 Å². The molecule has 0 unspecified atom stereocenters. The van der Waals surface area contributed by atoms with Gasteiger partial charge in [-0.15, -0.1) is 0 Å². The van der Waals surface area contributed by atoms with Crippen molar-refractivity contribution in [1.82, 2.24) is 19.3 Å². The van der Waals surface area contributed by atoms with Crippen LogP contribution in [0.2, 0.25) is 0 Å². The Morgan fingerprint density at radius 3 is 2.59 bits per heavy atom. The summed E-state index contributed by atoms with van der Waals surface area (Å²) < 4.78 is 41.6. The van der Waals surface area contributed by atoms with Crippen LogP contribution in [-0.4, -0.2) is 34.0 Å². The molecule has 0 amide bonds. The van der Waals surface area contributed by atoms with Crippen LogP contribution in [0, 0.1) is 5.82 Å². The van der Waals surface area contributed by atoms with Crippen LogP contribution in [0.5, 0.6) is 0 Å². The first kappa shape index (κ1) is 18.1. The Morgan fingerprint density at radius 1 is 1.07 bits per heavy atom. The van der Waals surface area contributed by atoms with E-state index in [0.717, 1.165) is 47.4 Å². The zero-order chi connectivity index (χ0) is 20.2. The van der Waals surface area contributed by atoms with E-state index in [-0.39, 0.29) is 11.0 Å². The summed E-state index contributed by atoms with van der Waals surface area (Å²) >= 11 is 0. The highest BCUT2D eigenvalue weighted by atomic mass is 32.2. The summed E-state index contributed by atoms with van der Waals surface area (Å²) in [5.74, 6) is -0.291. The van der Waals surface area contributed by atoms with Crippen LogP contribution in [0.1, 0.15) is 23.4 Å². The lowest BCUT2D eigenvalue weighted by Crippen LogP contribution is -2.11. The lowest BCUT2D eigenvalue weighted by atomic mass is 10.2. The lowest BCUT2D eigenvalue weighted by molar-refractivity contribution is 0.578. The van der Waals surface area contributed by atoms with Crippen LogP contribution in [-0.2, 0) is 29.2 Å². The summed E-state index contributed by atoms with van der Waals surface area (Å²) in [6.45, 7) is 0.319. The smallest absolute Gasteiger partial charge is 0.228 e. The maximum absolute atomic E-state index is 13.3. The van der Waals surface area contributed by atoms with E-state index in [1.165, 1.54) is 18.4 Å². The minimum atomic E-state index is -3.50. The van der Waals surface area contributed by atoms with Crippen molar-refractivity contribution in [2.45, 2.75) is 31.0 Å². The van der Waals surface area contributed by atoms with Crippen molar-refractivity contribution < 1.29 is 12.8 Å². The zero-order valence-electron chi connectivity index (χ0n) is 15.8. The first-order valence-electron chi connectivity index (χ1n) is 9.43. The lowest BCUT2D eigenvalue weighted by Gasteiger charge is -2.08. The van der Waals surface area contributed by atoms with Crippen molar-refractivity contribution in [3.05, 3.63) is 71.3 Å². The van der Waals surface area contributed by atoms with E-state index in [9.17, 15) is 12.8 Å². The molecule has 0 atom stereocenters. The van der Waals surface area contributed by atoms with Gasteiger partial charge in [0.15, 0.2) is 0 Å². The molecule has 5 rings (SSSR count). The molecule has 1 aliphatic rings. The van der Waals surface area contributed by atoms with Gasteiger partial charge in [-0.3, -0.25) is 0 Å². The molecule has 0 bridgehead atoms. The fraction of sp³-hybridized carbons (Fsp3) is 0.238. The van der Waals surface area contributed by atoms with Gasteiger partial charge in [0, 0.05) is 11.9 Å². The van der Waals surface area contributed by atoms with Crippen LogP contribution in [0.25, 0.3) is 16.7 Å². The molecule has 0 spiro atoms. The van der Waals surface area contributed by atoms with Crippen LogP contribution in [0.15, 0.2) is 53.7 Å². The second kappa shape index (κ2) is 6.52. The van der Waals surface area contributed by atoms with E-state index >= 15 is 0 Å². The molecule has 2 heterocycles. The van der Waals surface area contributed by atoms with Crippen molar-refractivity contribution >= 4 is 20.9 Å². The van der Waals surface area contributed by atoms with E-state index < -0.39 is 9.84 Å². The van der Waals surface area contributed by atoms with Crippen molar-refractivity contribution in [3.63, 3.8) is 0 Å². The SMILES string of the molecule is CS(=O)(=O)c1nc2ccccc2n1Cc1nn(-c2ccc(F)cc2)c2c1CCC2. The van der Waals surface area contributed by atoms with Gasteiger partial charge in [-0.1, -0.05) is 12.1 Å². The topological polar surface area (TPSA) is 69.8 Å². The number of halogens is 1. The summed E-state index contributed by atoms with van der Waals surface area (Å²) in [6.07, 6.45) is 3.98. The number of benzene rings is 2. The summed E-state index contributed by atoms with van der Waals surface area (Å²) in [5.41, 5.74) is 5.28. The molecular weight excluding hydrogens is 391 g/mol. The van der Waals surface area contributed by atoms with Gasteiger partial charge in [-0.05, 0) is 61.2 Å². The Labute approximate surface area is 167 Å². The molecule has 0 aliphatic heterocycles. The van der Waals surface area contributed by atoms with Crippen molar-refractivity contribution in [2.75, 3.05) is 6.26 Å². The van der Waals surface area contributed by atoms with Gasteiger partial charge in [0.1, 0.15) is 5.82 Å². The first-order chi connectivity index (χ1) is 13.9. The Bertz CT molecular complexity index is 1340. The molecule has 0 fully saturated rings. The highest BCUT2D eigenvalue weighted by Gasteiger charge is 2.26. The number of hydrogen-bond donors (Lipinski definition) is 0. The molecule has 148 valence electrons. The highest BCUT2D eigenvalue weighted by Crippen LogP contribution is 2.30. The van der Waals surface area contributed by atoms with E-state index in [1.54, 1.807) is 16.7 Å². The van der Waals surface area contributed by atoms with E-state index in [2.05, 4.69) is 4.98 Å². The number of hydrogen-bond acceptors (Lipinski definition) is 4. The largest absolute Gasteiger partial charge is 0.309 e. The molecule has 4 aromatic rings. The highest BCUT2D eigenvalue weighted by molar-refractivity contribution is 7.90. The molecule has 29 heavy (non-hydrogen) atoms.